The molecule has 0 unspecified atom stereocenters. The number of hydrogen-bond acceptors (Lipinski definition) is 4. The molecule has 182 valence electrons. The molecule has 0 amide bonds. The van der Waals surface area contributed by atoms with Crippen LogP contribution in [-0.2, 0) is 6.61 Å². The molecule has 0 aliphatic heterocycles. The van der Waals surface area contributed by atoms with Crippen LogP contribution in [0.25, 0.3) is 10.9 Å². The first-order chi connectivity index (χ1) is 15.7. The molecule has 1 heterocycles. The van der Waals surface area contributed by atoms with Gasteiger partial charge in [-0.15, -0.1) is 0 Å². The zero-order chi connectivity index (χ0) is 25.3. The van der Waals surface area contributed by atoms with Crippen LogP contribution in [-0.4, -0.2) is 35.4 Å². The second kappa shape index (κ2) is 9.28. The minimum absolute atomic E-state index is 0.0334. The Bertz CT molecular complexity index is 1200. The number of nitrogens with zero attached hydrogens (tertiary/aromatic N) is 1. The Hall–Kier alpha value is -3.08. The van der Waals surface area contributed by atoms with Crippen molar-refractivity contribution in [2.24, 2.45) is 0 Å². The smallest absolute Gasteiger partial charge is 0.460 e. The molecule has 0 saturated heterocycles. The second-order valence-electron chi connectivity index (χ2n) is 7.18. The van der Waals surface area contributed by atoms with Gasteiger partial charge < -0.3 is 9.47 Å². The number of halogens is 8. The van der Waals surface area contributed by atoms with E-state index in [1.54, 1.807) is 30.3 Å². The Balaban J connectivity index is 1.97. The summed E-state index contributed by atoms with van der Waals surface area (Å²) in [5.41, 5.74) is 0.226. The number of Topliss-reactive ketones (excluding diaryl/α,β-unsaturated/α-hetero) is 1. The normalized spacial score (nSPS) is 12.6. The fourth-order valence-electron chi connectivity index (χ4n) is 2.87. The number of rotatable bonds is 8. The highest BCUT2D eigenvalue weighted by molar-refractivity contribution is 6.33. The topological polar surface area (TPSA) is 48.4 Å². The predicted octanol–water partition coefficient (Wildman–Crippen LogP) is 6.88. The van der Waals surface area contributed by atoms with Crippen molar-refractivity contribution in [1.82, 2.24) is 4.98 Å². The minimum atomic E-state index is -6.51. The van der Waals surface area contributed by atoms with Gasteiger partial charge in [-0.2, -0.15) is 30.7 Å². The first-order valence-electron chi connectivity index (χ1n) is 9.50. The van der Waals surface area contributed by atoms with Gasteiger partial charge in [-0.25, -0.2) is 4.98 Å². The Labute approximate surface area is 193 Å². The number of ether oxygens (including phenoxy) is 2. The zero-order valence-electron chi connectivity index (χ0n) is 17.2. The van der Waals surface area contributed by atoms with Crippen molar-refractivity contribution in [3.05, 3.63) is 64.8 Å². The summed E-state index contributed by atoms with van der Waals surface area (Å²) in [5.74, 6) is -13.2. The van der Waals surface area contributed by atoms with Crippen molar-refractivity contribution in [3.63, 3.8) is 0 Å². The third-order valence-corrected chi connectivity index (χ3v) is 4.94. The van der Waals surface area contributed by atoms with Crippen LogP contribution in [0.5, 0.6) is 11.5 Å². The molecule has 4 nitrogen and oxygen atoms in total. The Morgan fingerprint density at radius 2 is 1.62 bits per heavy atom. The van der Waals surface area contributed by atoms with Crippen molar-refractivity contribution in [2.75, 3.05) is 6.61 Å². The van der Waals surface area contributed by atoms with Crippen molar-refractivity contribution in [1.29, 1.82) is 0 Å². The number of carbonyl (C=O) groups is 1. The van der Waals surface area contributed by atoms with E-state index in [9.17, 15) is 35.5 Å². The fraction of sp³-hybridized carbons (Fsp3) is 0.273. The third-order valence-electron chi connectivity index (χ3n) is 4.64. The van der Waals surface area contributed by atoms with E-state index in [1.807, 2.05) is 0 Å². The number of alkyl halides is 7. The molecule has 2 aromatic carbocycles. The maximum absolute atomic E-state index is 13.7. The van der Waals surface area contributed by atoms with Gasteiger partial charge in [0, 0.05) is 12.3 Å². The van der Waals surface area contributed by atoms with E-state index in [2.05, 4.69) is 9.72 Å². The van der Waals surface area contributed by atoms with Crippen LogP contribution in [0.1, 0.15) is 23.0 Å². The Morgan fingerprint density at radius 1 is 0.971 bits per heavy atom. The monoisotopic (exact) mass is 509 g/mol. The van der Waals surface area contributed by atoms with E-state index < -0.39 is 41.2 Å². The van der Waals surface area contributed by atoms with Crippen LogP contribution < -0.4 is 9.47 Å². The molecule has 0 saturated carbocycles. The summed E-state index contributed by atoms with van der Waals surface area (Å²) in [4.78, 5) is 16.1. The number of carbonyl (C=O) groups excluding carboxylic acids is 1. The summed E-state index contributed by atoms with van der Waals surface area (Å²) < 4.78 is 101. The van der Waals surface area contributed by atoms with Crippen LogP contribution >= 0.6 is 11.6 Å². The molecule has 0 radical (unpaired) electrons. The maximum atomic E-state index is 13.7. The lowest BCUT2D eigenvalue weighted by atomic mass is 10.1. The fourth-order valence-corrected chi connectivity index (χ4v) is 3.07. The standard InChI is InChI=1S/C22H15ClF7NO3/c1-12(32)17-16(33-10-13-5-3-2-4-6-13)9-14-7-8-15(23)19(18(14)31-17)34-11-20(24,25)21(26,27)22(28,29)30/h2-9H,10-11H2,1H3. The van der Waals surface area contributed by atoms with Crippen LogP contribution in [0.4, 0.5) is 30.7 Å². The van der Waals surface area contributed by atoms with E-state index in [4.69, 9.17) is 16.3 Å². The summed E-state index contributed by atoms with van der Waals surface area (Å²) in [6, 6.07) is 12.7. The highest BCUT2D eigenvalue weighted by Gasteiger charge is 2.73. The van der Waals surface area contributed by atoms with Gasteiger partial charge in [-0.05, 0) is 17.7 Å². The van der Waals surface area contributed by atoms with Crippen molar-refractivity contribution < 1.29 is 45.0 Å². The molecule has 0 N–H and O–H groups in total. The van der Waals surface area contributed by atoms with E-state index >= 15 is 0 Å². The molecular weight excluding hydrogens is 495 g/mol. The van der Waals surface area contributed by atoms with Gasteiger partial charge in [-0.1, -0.05) is 48.0 Å². The molecular formula is C22H15ClF7NO3. The molecule has 3 rings (SSSR count). The minimum Gasteiger partial charge on any atom is -0.486 e. The second-order valence-corrected chi connectivity index (χ2v) is 7.59. The van der Waals surface area contributed by atoms with E-state index in [-0.39, 0.29) is 29.0 Å². The zero-order valence-corrected chi connectivity index (χ0v) is 18.0. The van der Waals surface area contributed by atoms with E-state index in [0.29, 0.717) is 0 Å². The number of aromatic nitrogens is 1. The van der Waals surface area contributed by atoms with Gasteiger partial charge in [0.2, 0.25) is 0 Å². The first kappa shape index (κ1) is 25.5. The highest BCUT2D eigenvalue weighted by atomic mass is 35.5. The molecule has 0 aliphatic carbocycles. The van der Waals surface area contributed by atoms with Gasteiger partial charge >= 0.3 is 18.0 Å². The molecule has 12 heteroatoms. The molecule has 3 aromatic rings. The van der Waals surface area contributed by atoms with Crippen molar-refractivity contribution >= 4 is 28.3 Å². The molecule has 0 aliphatic rings. The molecule has 1 aromatic heterocycles. The first-order valence-corrected chi connectivity index (χ1v) is 9.88. The predicted molar refractivity (Wildman–Crippen MR) is 109 cm³/mol. The van der Waals surface area contributed by atoms with Crippen molar-refractivity contribution in [3.8, 4) is 11.5 Å². The van der Waals surface area contributed by atoms with Gasteiger partial charge in [0.15, 0.2) is 18.1 Å². The quantitative estimate of drug-likeness (QED) is 0.245. The van der Waals surface area contributed by atoms with Gasteiger partial charge in [0.25, 0.3) is 0 Å². The Morgan fingerprint density at radius 3 is 2.21 bits per heavy atom. The molecule has 0 spiro atoms. The average Bonchev–Trinajstić information content (AvgIpc) is 2.76. The van der Waals surface area contributed by atoms with Crippen LogP contribution in [0, 0.1) is 0 Å². The highest BCUT2D eigenvalue weighted by Crippen LogP contribution is 2.47. The Kier molecular flexibility index (Phi) is 6.97. The summed E-state index contributed by atoms with van der Waals surface area (Å²) in [6.07, 6.45) is -6.51. The third kappa shape index (κ3) is 5.03. The summed E-state index contributed by atoms with van der Waals surface area (Å²) in [6.45, 7) is -1.14. The van der Waals surface area contributed by atoms with Crippen LogP contribution in [0.15, 0.2) is 48.5 Å². The summed E-state index contributed by atoms with van der Waals surface area (Å²) >= 11 is 5.91. The molecule has 0 bridgehead atoms. The number of benzene rings is 2. The van der Waals surface area contributed by atoms with Gasteiger partial charge in [0.05, 0.1) is 5.02 Å². The molecule has 0 atom stereocenters. The largest absolute Gasteiger partial charge is 0.486 e. The number of hydrogen-bond donors (Lipinski definition) is 0. The average molecular weight is 510 g/mol. The molecule has 34 heavy (non-hydrogen) atoms. The lowest BCUT2D eigenvalue weighted by Gasteiger charge is -2.28. The van der Waals surface area contributed by atoms with Crippen LogP contribution in [0.3, 0.4) is 0 Å². The summed E-state index contributed by atoms with van der Waals surface area (Å²) in [7, 11) is 0. The van der Waals surface area contributed by atoms with Gasteiger partial charge in [-0.3, -0.25) is 4.79 Å². The molecule has 0 fully saturated rings. The van der Waals surface area contributed by atoms with Crippen LogP contribution in [0.2, 0.25) is 5.02 Å². The lowest BCUT2D eigenvalue weighted by Crippen LogP contribution is -2.54. The number of pyridine rings is 1. The van der Waals surface area contributed by atoms with Gasteiger partial charge in [0.1, 0.15) is 23.6 Å². The van der Waals surface area contributed by atoms with E-state index in [1.165, 1.54) is 12.1 Å². The number of ketones is 1. The SMILES string of the molecule is CC(=O)c1nc2c(OCC(F)(F)C(F)(F)C(F)(F)F)c(Cl)ccc2cc1OCc1ccccc1. The maximum Gasteiger partial charge on any atom is 0.460 e. The van der Waals surface area contributed by atoms with Crippen molar-refractivity contribution in [2.45, 2.75) is 31.6 Å². The number of fused-ring (bicyclic) bond motifs is 1. The summed E-state index contributed by atoms with van der Waals surface area (Å²) in [5, 5.41) is -0.239. The lowest BCUT2D eigenvalue weighted by molar-refractivity contribution is -0.358. The van der Waals surface area contributed by atoms with E-state index in [0.717, 1.165) is 18.6 Å².